The van der Waals surface area contributed by atoms with Crippen LogP contribution in [0.1, 0.15) is 85.1 Å². The first kappa shape index (κ1) is 21.4. The van der Waals surface area contributed by atoms with E-state index in [4.69, 9.17) is 25.3 Å². The molecule has 2 aromatic rings. The Morgan fingerprint density at radius 2 is 0.923 bits per heavy atom. The SMILES string of the molecule is CCCCCc1ccc(C(S)C(S)c2ccc(CCCCC)cc2)cc1. The van der Waals surface area contributed by atoms with Gasteiger partial charge >= 0.3 is 0 Å². The summed E-state index contributed by atoms with van der Waals surface area (Å²) in [7, 11) is 0. The summed E-state index contributed by atoms with van der Waals surface area (Å²) >= 11 is 9.73. The van der Waals surface area contributed by atoms with Crippen LogP contribution in [0.5, 0.6) is 0 Å². The van der Waals surface area contributed by atoms with Crippen molar-refractivity contribution in [1.29, 1.82) is 0 Å². The third-order valence-electron chi connectivity index (χ3n) is 5.08. The van der Waals surface area contributed by atoms with E-state index in [2.05, 4.69) is 62.4 Å². The highest BCUT2D eigenvalue weighted by Crippen LogP contribution is 2.38. The van der Waals surface area contributed by atoms with E-state index in [1.165, 1.54) is 73.6 Å². The van der Waals surface area contributed by atoms with Gasteiger partial charge in [0.25, 0.3) is 0 Å². The molecule has 0 amide bonds. The Morgan fingerprint density at radius 3 is 1.23 bits per heavy atom. The predicted octanol–water partition coefficient (Wildman–Crippen LogP) is 7.79. The molecule has 0 radical (unpaired) electrons. The van der Waals surface area contributed by atoms with Crippen LogP contribution in [0.2, 0.25) is 0 Å². The molecule has 2 unspecified atom stereocenters. The summed E-state index contributed by atoms with van der Waals surface area (Å²) in [4.78, 5) is 0. The highest BCUT2D eigenvalue weighted by Gasteiger charge is 2.18. The Kier molecular flexibility index (Phi) is 9.71. The summed E-state index contributed by atoms with van der Waals surface area (Å²) in [6, 6.07) is 17.9. The van der Waals surface area contributed by atoms with Crippen LogP contribution in [-0.2, 0) is 12.8 Å². The summed E-state index contributed by atoms with van der Waals surface area (Å²) in [6.45, 7) is 4.50. The summed E-state index contributed by atoms with van der Waals surface area (Å²) in [5.74, 6) is 0. The number of unbranched alkanes of at least 4 members (excludes halogenated alkanes) is 4. The highest BCUT2D eigenvalue weighted by atomic mass is 32.1. The van der Waals surface area contributed by atoms with Crippen molar-refractivity contribution < 1.29 is 0 Å². The molecule has 0 spiro atoms. The van der Waals surface area contributed by atoms with Crippen LogP contribution in [0.25, 0.3) is 0 Å². The minimum Gasteiger partial charge on any atom is -0.170 e. The van der Waals surface area contributed by atoms with E-state index < -0.39 is 0 Å². The van der Waals surface area contributed by atoms with Gasteiger partial charge in [-0.2, -0.15) is 25.3 Å². The number of rotatable bonds is 11. The molecule has 0 saturated heterocycles. The third kappa shape index (κ3) is 6.70. The second-order valence-corrected chi connectivity index (χ2v) is 8.40. The second-order valence-electron chi connectivity index (χ2n) is 7.29. The maximum absolute atomic E-state index is 4.86. The average molecular weight is 387 g/mol. The van der Waals surface area contributed by atoms with Gasteiger partial charge in [0.15, 0.2) is 0 Å². The van der Waals surface area contributed by atoms with Crippen molar-refractivity contribution in [3.8, 4) is 0 Å². The van der Waals surface area contributed by atoms with Crippen molar-refractivity contribution in [3.05, 3.63) is 70.8 Å². The molecule has 0 aromatic heterocycles. The standard InChI is InChI=1S/C24H34S2/c1-3-5-7-9-19-11-15-21(16-12-19)23(25)24(26)22-17-13-20(14-18-22)10-8-6-4-2/h11-18,23-26H,3-10H2,1-2H3. The number of benzene rings is 2. The fraction of sp³-hybridized carbons (Fsp3) is 0.500. The van der Waals surface area contributed by atoms with Crippen LogP contribution >= 0.6 is 25.3 Å². The monoisotopic (exact) mass is 386 g/mol. The predicted molar refractivity (Wildman–Crippen MR) is 123 cm³/mol. The van der Waals surface area contributed by atoms with Crippen molar-refractivity contribution in [2.24, 2.45) is 0 Å². The first-order valence-corrected chi connectivity index (χ1v) is 11.2. The quantitative estimate of drug-likeness (QED) is 0.286. The maximum Gasteiger partial charge on any atom is 0.0424 e. The molecule has 0 aliphatic heterocycles. The Morgan fingerprint density at radius 1 is 0.577 bits per heavy atom. The van der Waals surface area contributed by atoms with Crippen molar-refractivity contribution in [2.45, 2.75) is 75.7 Å². The van der Waals surface area contributed by atoms with Crippen LogP contribution in [0.3, 0.4) is 0 Å². The lowest BCUT2D eigenvalue weighted by molar-refractivity contribution is 0.717. The molecule has 142 valence electrons. The van der Waals surface area contributed by atoms with Crippen LogP contribution in [0.15, 0.2) is 48.5 Å². The van der Waals surface area contributed by atoms with E-state index in [0.717, 1.165) is 0 Å². The Labute approximate surface area is 171 Å². The van der Waals surface area contributed by atoms with Gasteiger partial charge in [0.2, 0.25) is 0 Å². The van der Waals surface area contributed by atoms with Crippen molar-refractivity contribution in [1.82, 2.24) is 0 Å². The molecule has 2 rings (SSSR count). The molecule has 26 heavy (non-hydrogen) atoms. The third-order valence-corrected chi connectivity index (χ3v) is 6.51. The molecule has 0 N–H and O–H groups in total. The molecule has 2 atom stereocenters. The minimum absolute atomic E-state index is 0.106. The maximum atomic E-state index is 4.86. The second kappa shape index (κ2) is 11.8. The average Bonchev–Trinajstić information content (AvgIpc) is 2.68. The summed E-state index contributed by atoms with van der Waals surface area (Å²) < 4.78 is 0. The zero-order valence-electron chi connectivity index (χ0n) is 16.3. The molecule has 0 saturated carbocycles. The van der Waals surface area contributed by atoms with Gasteiger partial charge in [-0.3, -0.25) is 0 Å². The lowest BCUT2D eigenvalue weighted by Crippen LogP contribution is -2.01. The van der Waals surface area contributed by atoms with Crippen LogP contribution in [0.4, 0.5) is 0 Å². The first-order valence-electron chi connectivity index (χ1n) is 10.2. The molecule has 0 bridgehead atoms. The van der Waals surface area contributed by atoms with Crippen LogP contribution in [0, 0.1) is 0 Å². The number of hydrogen-bond donors (Lipinski definition) is 2. The molecule has 0 nitrogen and oxygen atoms in total. The Hall–Kier alpha value is -0.860. The van der Waals surface area contributed by atoms with Gasteiger partial charge in [-0.25, -0.2) is 0 Å². The molecule has 0 fully saturated rings. The fourth-order valence-electron chi connectivity index (χ4n) is 3.29. The molecular weight excluding hydrogens is 352 g/mol. The van der Waals surface area contributed by atoms with E-state index in [1.807, 2.05) is 0 Å². The van der Waals surface area contributed by atoms with Crippen molar-refractivity contribution in [3.63, 3.8) is 0 Å². The first-order chi connectivity index (χ1) is 12.7. The summed E-state index contributed by atoms with van der Waals surface area (Å²) in [6.07, 6.45) is 10.1. The van der Waals surface area contributed by atoms with Gasteiger partial charge in [0.1, 0.15) is 0 Å². The van der Waals surface area contributed by atoms with E-state index in [1.54, 1.807) is 0 Å². The summed E-state index contributed by atoms with van der Waals surface area (Å²) in [5, 5.41) is 0.211. The van der Waals surface area contributed by atoms with E-state index in [9.17, 15) is 0 Å². The number of thiol groups is 2. The number of hydrogen-bond acceptors (Lipinski definition) is 2. The minimum atomic E-state index is 0.106. The molecule has 0 heterocycles. The zero-order chi connectivity index (χ0) is 18.8. The fourth-order valence-corrected chi connectivity index (χ4v) is 3.97. The van der Waals surface area contributed by atoms with E-state index in [-0.39, 0.29) is 10.5 Å². The summed E-state index contributed by atoms with van der Waals surface area (Å²) in [5.41, 5.74) is 5.35. The van der Waals surface area contributed by atoms with Crippen LogP contribution in [-0.4, -0.2) is 0 Å². The smallest absolute Gasteiger partial charge is 0.0424 e. The van der Waals surface area contributed by atoms with Gasteiger partial charge in [0.05, 0.1) is 0 Å². The normalized spacial score (nSPS) is 13.5. The molecule has 0 aliphatic rings. The van der Waals surface area contributed by atoms with Crippen molar-refractivity contribution >= 4 is 25.3 Å². The Balaban J connectivity index is 1.94. The molecule has 0 aliphatic carbocycles. The molecule has 2 heteroatoms. The van der Waals surface area contributed by atoms with Crippen LogP contribution < -0.4 is 0 Å². The van der Waals surface area contributed by atoms with Gasteiger partial charge in [0, 0.05) is 10.5 Å². The highest BCUT2D eigenvalue weighted by molar-refractivity contribution is 7.84. The van der Waals surface area contributed by atoms with E-state index in [0.29, 0.717) is 0 Å². The van der Waals surface area contributed by atoms with Gasteiger partial charge in [-0.1, -0.05) is 88.1 Å². The van der Waals surface area contributed by atoms with Gasteiger partial charge in [-0.05, 0) is 47.9 Å². The van der Waals surface area contributed by atoms with E-state index >= 15 is 0 Å². The number of aryl methyl sites for hydroxylation is 2. The molecular formula is C24H34S2. The lowest BCUT2D eigenvalue weighted by Gasteiger charge is -2.20. The molecule has 2 aromatic carbocycles. The van der Waals surface area contributed by atoms with Crippen molar-refractivity contribution in [2.75, 3.05) is 0 Å². The zero-order valence-corrected chi connectivity index (χ0v) is 18.1. The topological polar surface area (TPSA) is 0 Å². The largest absolute Gasteiger partial charge is 0.170 e. The van der Waals surface area contributed by atoms with Gasteiger partial charge < -0.3 is 0 Å². The Bertz CT molecular complexity index is 558. The van der Waals surface area contributed by atoms with Gasteiger partial charge in [-0.15, -0.1) is 0 Å². The lowest BCUT2D eigenvalue weighted by atomic mass is 9.99.